The first-order valence-electron chi connectivity index (χ1n) is 9.61. The molecule has 1 N–H and O–H groups in total. The molecule has 0 unspecified atom stereocenters. The van der Waals surface area contributed by atoms with E-state index in [1.807, 2.05) is 41.3 Å². The molecule has 3 aromatic heterocycles. The highest BCUT2D eigenvalue weighted by atomic mass is 19.1. The number of amides is 1. The average Bonchev–Trinajstić information content (AvgIpc) is 3.35. The van der Waals surface area contributed by atoms with Crippen molar-refractivity contribution in [2.24, 2.45) is 0 Å². The number of furan rings is 1. The SMILES string of the molecule is Cc1cc(C)n(CCCNC(=O)c2cc3occc3n2Cc2cccc(F)c2)n1. The minimum Gasteiger partial charge on any atom is -0.463 e. The zero-order chi connectivity index (χ0) is 20.4. The fourth-order valence-electron chi connectivity index (χ4n) is 3.58. The smallest absolute Gasteiger partial charge is 0.268 e. The zero-order valence-electron chi connectivity index (χ0n) is 16.5. The molecule has 0 aliphatic rings. The van der Waals surface area contributed by atoms with Gasteiger partial charge >= 0.3 is 0 Å². The van der Waals surface area contributed by atoms with Gasteiger partial charge < -0.3 is 14.3 Å². The normalized spacial score (nSPS) is 11.3. The minimum atomic E-state index is -0.298. The van der Waals surface area contributed by atoms with E-state index in [1.165, 1.54) is 12.1 Å². The number of aromatic nitrogens is 3. The molecule has 0 fully saturated rings. The lowest BCUT2D eigenvalue weighted by atomic mass is 10.2. The van der Waals surface area contributed by atoms with Crippen LogP contribution in [0.2, 0.25) is 0 Å². The lowest BCUT2D eigenvalue weighted by Crippen LogP contribution is -2.27. The molecule has 29 heavy (non-hydrogen) atoms. The maximum Gasteiger partial charge on any atom is 0.268 e. The molecule has 0 bridgehead atoms. The van der Waals surface area contributed by atoms with Gasteiger partial charge in [0.15, 0.2) is 5.58 Å². The van der Waals surface area contributed by atoms with Crippen LogP contribution in [0.5, 0.6) is 0 Å². The minimum absolute atomic E-state index is 0.179. The van der Waals surface area contributed by atoms with E-state index in [2.05, 4.69) is 10.4 Å². The second-order valence-corrected chi connectivity index (χ2v) is 7.18. The first-order valence-corrected chi connectivity index (χ1v) is 9.61. The highest BCUT2D eigenvalue weighted by Crippen LogP contribution is 2.23. The third kappa shape index (κ3) is 4.08. The molecule has 7 heteroatoms. The van der Waals surface area contributed by atoms with Gasteiger partial charge in [-0.3, -0.25) is 9.48 Å². The van der Waals surface area contributed by atoms with Crippen LogP contribution < -0.4 is 5.32 Å². The van der Waals surface area contributed by atoms with Gasteiger partial charge in [0.1, 0.15) is 11.5 Å². The van der Waals surface area contributed by atoms with Crippen molar-refractivity contribution in [1.29, 1.82) is 0 Å². The van der Waals surface area contributed by atoms with Crippen molar-refractivity contribution in [2.75, 3.05) is 6.54 Å². The highest BCUT2D eigenvalue weighted by Gasteiger charge is 2.17. The summed E-state index contributed by atoms with van der Waals surface area (Å²) in [4.78, 5) is 12.8. The number of hydrogen-bond acceptors (Lipinski definition) is 3. The summed E-state index contributed by atoms with van der Waals surface area (Å²) in [7, 11) is 0. The van der Waals surface area contributed by atoms with E-state index >= 15 is 0 Å². The molecule has 0 spiro atoms. The number of fused-ring (bicyclic) bond motifs is 1. The number of nitrogens with zero attached hydrogens (tertiary/aromatic N) is 3. The Hall–Kier alpha value is -3.35. The molecule has 6 nitrogen and oxygen atoms in total. The number of hydrogen-bond donors (Lipinski definition) is 1. The molecule has 3 heterocycles. The van der Waals surface area contributed by atoms with E-state index in [9.17, 15) is 9.18 Å². The van der Waals surface area contributed by atoms with Crippen molar-refractivity contribution < 1.29 is 13.6 Å². The van der Waals surface area contributed by atoms with Crippen LogP contribution in [0.25, 0.3) is 11.1 Å². The summed E-state index contributed by atoms with van der Waals surface area (Å²) in [6, 6.07) is 12.0. The second kappa shape index (κ2) is 7.95. The fourth-order valence-corrected chi connectivity index (χ4v) is 3.58. The summed E-state index contributed by atoms with van der Waals surface area (Å²) in [6.45, 7) is 5.65. The van der Waals surface area contributed by atoms with Crippen molar-refractivity contribution in [1.82, 2.24) is 19.7 Å². The number of aryl methyl sites for hydroxylation is 3. The first kappa shape index (κ1) is 19.0. The third-order valence-corrected chi connectivity index (χ3v) is 4.92. The van der Waals surface area contributed by atoms with Crippen molar-refractivity contribution in [3.8, 4) is 0 Å². The number of benzene rings is 1. The molecular weight excluding hydrogens is 371 g/mol. The maximum atomic E-state index is 13.6. The molecule has 0 saturated carbocycles. The molecule has 4 aromatic rings. The van der Waals surface area contributed by atoms with Gasteiger partial charge in [0.2, 0.25) is 0 Å². The summed E-state index contributed by atoms with van der Waals surface area (Å²) in [5, 5.41) is 7.40. The van der Waals surface area contributed by atoms with Gasteiger partial charge in [0.05, 0.1) is 17.5 Å². The molecule has 150 valence electrons. The Balaban J connectivity index is 1.46. The summed E-state index contributed by atoms with van der Waals surface area (Å²) < 4.78 is 22.8. The fraction of sp³-hybridized carbons (Fsp3) is 0.273. The van der Waals surface area contributed by atoms with Crippen LogP contribution in [0.4, 0.5) is 4.39 Å². The number of halogens is 1. The number of rotatable bonds is 7. The quantitative estimate of drug-likeness (QED) is 0.481. The van der Waals surface area contributed by atoms with Crippen molar-refractivity contribution in [3.63, 3.8) is 0 Å². The van der Waals surface area contributed by atoms with Crippen molar-refractivity contribution in [2.45, 2.75) is 33.4 Å². The van der Waals surface area contributed by atoms with Gasteiger partial charge in [-0.1, -0.05) is 12.1 Å². The van der Waals surface area contributed by atoms with Gasteiger partial charge in [-0.15, -0.1) is 0 Å². The van der Waals surface area contributed by atoms with Crippen LogP contribution in [0.1, 0.15) is 33.9 Å². The molecule has 0 aliphatic heterocycles. The number of carbonyl (C=O) groups excluding carboxylic acids is 1. The molecule has 0 atom stereocenters. The Morgan fingerprint density at radius 3 is 2.83 bits per heavy atom. The van der Waals surface area contributed by atoms with Crippen molar-refractivity contribution in [3.05, 3.63) is 77.2 Å². The topological polar surface area (TPSA) is 65.0 Å². The Labute approximate surface area is 167 Å². The molecule has 0 saturated heterocycles. The molecule has 1 amide bonds. The van der Waals surface area contributed by atoms with E-state index in [-0.39, 0.29) is 11.7 Å². The van der Waals surface area contributed by atoms with E-state index in [0.29, 0.717) is 24.4 Å². The predicted molar refractivity (Wildman–Crippen MR) is 108 cm³/mol. The first-order chi connectivity index (χ1) is 14.0. The molecule has 0 radical (unpaired) electrons. The average molecular weight is 394 g/mol. The van der Waals surface area contributed by atoms with Crippen LogP contribution in [0.3, 0.4) is 0 Å². The molecule has 1 aromatic carbocycles. The van der Waals surface area contributed by atoms with Gasteiger partial charge in [-0.05, 0) is 44.0 Å². The van der Waals surface area contributed by atoms with Crippen LogP contribution in [0, 0.1) is 19.7 Å². The van der Waals surface area contributed by atoms with Gasteiger partial charge in [0.25, 0.3) is 5.91 Å². The standard InChI is InChI=1S/C22H23FN4O2/c1-15-11-16(2)27(25-15)9-4-8-24-22(28)20-13-21-19(7-10-29-21)26(20)14-17-5-3-6-18(23)12-17/h3,5-7,10-13H,4,8-9,14H2,1-2H3,(H,24,28). The van der Waals surface area contributed by atoms with Gasteiger partial charge in [0, 0.05) is 37.5 Å². The van der Waals surface area contributed by atoms with E-state index in [4.69, 9.17) is 4.42 Å². The lowest BCUT2D eigenvalue weighted by Gasteiger charge is -2.11. The summed E-state index contributed by atoms with van der Waals surface area (Å²) >= 11 is 0. The Kier molecular flexibility index (Phi) is 5.20. The summed E-state index contributed by atoms with van der Waals surface area (Å²) in [5.41, 5.74) is 4.82. The summed E-state index contributed by atoms with van der Waals surface area (Å²) in [5.74, 6) is -0.477. The second-order valence-electron chi connectivity index (χ2n) is 7.18. The van der Waals surface area contributed by atoms with Gasteiger partial charge in [-0.2, -0.15) is 5.10 Å². The van der Waals surface area contributed by atoms with Crippen LogP contribution in [-0.4, -0.2) is 26.8 Å². The van der Waals surface area contributed by atoms with Crippen LogP contribution in [0.15, 0.2) is 53.1 Å². The Morgan fingerprint density at radius 2 is 2.07 bits per heavy atom. The number of nitrogens with one attached hydrogen (secondary N) is 1. The maximum absolute atomic E-state index is 13.6. The lowest BCUT2D eigenvalue weighted by molar-refractivity contribution is 0.0944. The van der Waals surface area contributed by atoms with Gasteiger partial charge in [-0.25, -0.2) is 4.39 Å². The molecular formula is C22H23FN4O2. The summed E-state index contributed by atoms with van der Waals surface area (Å²) in [6.07, 6.45) is 2.36. The predicted octanol–water partition coefficient (Wildman–Crippen LogP) is 4.06. The monoisotopic (exact) mass is 394 g/mol. The van der Waals surface area contributed by atoms with Crippen LogP contribution >= 0.6 is 0 Å². The molecule has 0 aliphatic carbocycles. The van der Waals surface area contributed by atoms with E-state index < -0.39 is 0 Å². The zero-order valence-corrected chi connectivity index (χ0v) is 16.5. The molecule has 4 rings (SSSR count). The van der Waals surface area contributed by atoms with Crippen molar-refractivity contribution >= 4 is 17.0 Å². The Morgan fingerprint density at radius 1 is 1.21 bits per heavy atom. The Bertz CT molecular complexity index is 1150. The largest absolute Gasteiger partial charge is 0.463 e. The van der Waals surface area contributed by atoms with E-state index in [0.717, 1.165) is 35.4 Å². The van der Waals surface area contributed by atoms with E-state index in [1.54, 1.807) is 18.4 Å². The van der Waals surface area contributed by atoms with Crippen LogP contribution in [-0.2, 0) is 13.1 Å². The highest BCUT2D eigenvalue weighted by molar-refractivity contribution is 5.97. The number of carbonyl (C=O) groups is 1. The third-order valence-electron chi connectivity index (χ3n) is 4.92.